The molecule has 84 valence electrons. The van der Waals surface area contributed by atoms with Crippen LogP contribution in [-0.4, -0.2) is 24.0 Å². The number of hydrogen-bond acceptors (Lipinski definition) is 3. The van der Waals surface area contributed by atoms with E-state index in [2.05, 4.69) is 4.74 Å². The van der Waals surface area contributed by atoms with Crippen molar-refractivity contribution in [3.63, 3.8) is 0 Å². The molecule has 2 amide bonds. The quantitative estimate of drug-likeness (QED) is 0.721. The molecule has 4 nitrogen and oxygen atoms in total. The molecule has 0 N–H and O–H groups in total. The fourth-order valence-electron chi connectivity index (χ4n) is 1.53. The first-order valence-electron chi connectivity index (χ1n) is 4.49. The lowest BCUT2D eigenvalue weighted by molar-refractivity contribution is -0.116. The SMILES string of the molecule is O=CN1C(=O)OCC1c1ccc(F)c(F)c1. The van der Waals surface area contributed by atoms with Gasteiger partial charge in [0.2, 0.25) is 6.41 Å². The summed E-state index contributed by atoms with van der Waals surface area (Å²) in [5.74, 6) is -2.01. The zero-order chi connectivity index (χ0) is 11.7. The van der Waals surface area contributed by atoms with Crippen LogP contribution in [0.1, 0.15) is 11.6 Å². The number of carbonyl (C=O) groups is 2. The monoisotopic (exact) mass is 227 g/mol. The van der Waals surface area contributed by atoms with Crippen molar-refractivity contribution in [1.82, 2.24) is 4.90 Å². The van der Waals surface area contributed by atoms with Crippen LogP contribution in [0.2, 0.25) is 0 Å². The van der Waals surface area contributed by atoms with Crippen molar-refractivity contribution >= 4 is 12.5 Å². The van der Waals surface area contributed by atoms with Crippen LogP contribution in [0.4, 0.5) is 13.6 Å². The molecule has 1 aromatic carbocycles. The van der Waals surface area contributed by atoms with Gasteiger partial charge in [-0.05, 0) is 17.7 Å². The standard InChI is InChI=1S/C10H7F2NO3/c11-7-2-1-6(3-8(7)12)9-4-16-10(15)13(9)5-14/h1-3,5,9H,4H2. The normalized spacial score (nSPS) is 19.8. The van der Waals surface area contributed by atoms with Crippen molar-refractivity contribution in [1.29, 1.82) is 0 Å². The molecule has 0 bridgehead atoms. The zero-order valence-corrected chi connectivity index (χ0v) is 8.02. The summed E-state index contributed by atoms with van der Waals surface area (Å²) >= 11 is 0. The lowest BCUT2D eigenvalue weighted by atomic mass is 10.1. The Bertz CT molecular complexity index is 450. The van der Waals surface area contributed by atoms with Gasteiger partial charge in [-0.15, -0.1) is 0 Å². The third-order valence-electron chi connectivity index (χ3n) is 2.35. The van der Waals surface area contributed by atoms with Gasteiger partial charge in [-0.3, -0.25) is 4.79 Å². The molecule has 0 spiro atoms. The van der Waals surface area contributed by atoms with E-state index in [4.69, 9.17) is 0 Å². The molecule has 16 heavy (non-hydrogen) atoms. The molecule has 2 rings (SSSR count). The Hall–Kier alpha value is -1.98. The fraction of sp³-hybridized carbons (Fsp3) is 0.200. The lowest BCUT2D eigenvalue weighted by Crippen LogP contribution is -2.25. The molecule has 1 atom stereocenters. The number of benzene rings is 1. The summed E-state index contributed by atoms with van der Waals surface area (Å²) in [4.78, 5) is 22.5. The van der Waals surface area contributed by atoms with Gasteiger partial charge in [-0.2, -0.15) is 0 Å². The van der Waals surface area contributed by atoms with Gasteiger partial charge in [0.25, 0.3) is 0 Å². The molecule has 1 fully saturated rings. The minimum absolute atomic E-state index is 0.0529. The van der Waals surface area contributed by atoms with Crippen molar-refractivity contribution in [2.75, 3.05) is 6.61 Å². The van der Waals surface area contributed by atoms with E-state index < -0.39 is 23.8 Å². The molecule has 1 aliphatic heterocycles. The van der Waals surface area contributed by atoms with Crippen molar-refractivity contribution in [2.45, 2.75) is 6.04 Å². The Morgan fingerprint density at radius 3 is 2.75 bits per heavy atom. The number of rotatable bonds is 2. The summed E-state index contributed by atoms with van der Waals surface area (Å²) < 4.78 is 30.3. The number of halogens is 2. The second-order valence-corrected chi connectivity index (χ2v) is 3.28. The summed E-state index contributed by atoms with van der Waals surface area (Å²) in [6.07, 6.45) is -0.480. The van der Waals surface area contributed by atoms with E-state index in [1.165, 1.54) is 6.07 Å². The largest absolute Gasteiger partial charge is 0.447 e. The number of amides is 2. The predicted molar refractivity (Wildman–Crippen MR) is 48.4 cm³/mol. The van der Waals surface area contributed by atoms with Crippen molar-refractivity contribution in [3.8, 4) is 0 Å². The average molecular weight is 227 g/mol. The van der Waals surface area contributed by atoms with Crippen molar-refractivity contribution in [2.24, 2.45) is 0 Å². The van der Waals surface area contributed by atoms with Gasteiger partial charge in [0.15, 0.2) is 11.6 Å². The minimum atomic E-state index is -1.03. The van der Waals surface area contributed by atoms with E-state index in [9.17, 15) is 18.4 Å². The Morgan fingerprint density at radius 1 is 1.38 bits per heavy atom. The first kappa shape index (κ1) is 10.5. The second-order valence-electron chi connectivity index (χ2n) is 3.28. The number of nitrogens with zero attached hydrogens (tertiary/aromatic N) is 1. The molecular weight excluding hydrogens is 220 g/mol. The average Bonchev–Trinajstić information content (AvgIpc) is 2.63. The smallest absolute Gasteiger partial charge is 0.417 e. The maximum absolute atomic E-state index is 13.0. The van der Waals surface area contributed by atoms with Gasteiger partial charge in [-0.25, -0.2) is 18.5 Å². The third-order valence-corrected chi connectivity index (χ3v) is 2.35. The molecule has 0 aliphatic carbocycles. The van der Waals surface area contributed by atoms with Gasteiger partial charge < -0.3 is 4.74 Å². The van der Waals surface area contributed by atoms with Crippen LogP contribution in [0, 0.1) is 11.6 Å². The van der Waals surface area contributed by atoms with E-state index in [0.717, 1.165) is 17.0 Å². The number of imide groups is 1. The first-order valence-corrected chi connectivity index (χ1v) is 4.49. The lowest BCUT2D eigenvalue weighted by Gasteiger charge is -2.14. The molecule has 0 saturated carbocycles. The van der Waals surface area contributed by atoms with Gasteiger partial charge in [0.1, 0.15) is 12.6 Å². The molecule has 0 aromatic heterocycles. The van der Waals surface area contributed by atoms with Gasteiger partial charge in [0.05, 0.1) is 0 Å². The Balaban J connectivity index is 2.33. The number of hydrogen-bond donors (Lipinski definition) is 0. The second kappa shape index (κ2) is 3.88. The Morgan fingerprint density at radius 2 is 2.12 bits per heavy atom. The molecule has 1 heterocycles. The fourth-order valence-corrected chi connectivity index (χ4v) is 1.53. The van der Waals surface area contributed by atoms with Crippen LogP contribution >= 0.6 is 0 Å². The molecule has 0 radical (unpaired) electrons. The highest BCUT2D eigenvalue weighted by Gasteiger charge is 2.34. The molecule has 1 aromatic rings. The Kier molecular flexibility index (Phi) is 2.55. The highest BCUT2D eigenvalue weighted by Crippen LogP contribution is 2.27. The first-order chi connectivity index (χ1) is 7.63. The summed E-state index contributed by atoms with van der Waals surface area (Å²) in [5.41, 5.74) is 0.317. The van der Waals surface area contributed by atoms with Gasteiger partial charge in [0, 0.05) is 0 Å². The predicted octanol–water partition coefficient (Wildman–Crippen LogP) is 1.61. The maximum Gasteiger partial charge on any atom is 0.417 e. The van der Waals surface area contributed by atoms with Crippen LogP contribution in [0.15, 0.2) is 18.2 Å². The third kappa shape index (κ3) is 1.62. The highest BCUT2D eigenvalue weighted by atomic mass is 19.2. The van der Waals surface area contributed by atoms with Crippen LogP contribution in [0.3, 0.4) is 0 Å². The molecular formula is C10H7F2NO3. The van der Waals surface area contributed by atoms with Crippen LogP contribution in [0.5, 0.6) is 0 Å². The summed E-state index contributed by atoms with van der Waals surface area (Å²) in [6, 6.07) is 2.50. The zero-order valence-electron chi connectivity index (χ0n) is 8.02. The van der Waals surface area contributed by atoms with Crippen LogP contribution in [0.25, 0.3) is 0 Å². The topological polar surface area (TPSA) is 46.6 Å². The van der Waals surface area contributed by atoms with Crippen LogP contribution in [-0.2, 0) is 9.53 Å². The molecule has 1 saturated heterocycles. The van der Waals surface area contributed by atoms with E-state index in [0.29, 0.717) is 12.0 Å². The van der Waals surface area contributed by atoms with Gasteiger partial charge in [-0.1, -0.05) is 6.07 Å². The molecule has 1 aliphatic rings. The van der Waals surface area contributed by atoms with Crippen molar-refractivity contribution in [3.05, 3.63) is 35.4 Å². The highest BCUT2D eigenvalue weighted by molar-refractivity contribution is 5.82. The summed E-state index contributed by atoms with van der Waals surface area (Å²) in [6.45, 7) is -0.0529. The minimum Gasteiger partial charge on any atom is -0.447 e. The molecule has 6 heteroatoms. The van der Waals surface area contributed by atoms with E-state index in [1.807, 2.05) is 0 Å². The number of ether oxygens (including phenoxy) is 1. The maximum atomic E-state index is 13.0. The van der Waals surface area contributed by atoms with E-state index >= 15 is 0 Å². The van der Waals surface area contributed by atoms with E-state index in [-0.39, 0.29) is 6.61 Å². The van der Waals surface area contributed by atoms with Crippen molar-refractivity contribution < 1.29 is 23.1 Å². The number of cyclic esters (lactones) is 1. The summed E-state index contributed by atoms with van der Waals surface area (Å²) in [5, 5.41) is 0. The van der Waals surface area contributed by atoms with Gasteiger partial charge >= 0.3 is 6.09 Å². The van der Waals surface area contributed by atoms with E-state index in [1.54, 1.807) is 0 Å². The summed E-state index contributed by atoms with van der Waals surface area (Å²) in [7, 11) is 0. The van der Waals surface area contributed by atoms with Crippen LogP contribution < -0.4 is 0 Å². The molecule has 1 unspecified atom stereocenters. The number of carbonyl (C=O) groups excluding carboxylic acids is 2. The Labute approximate surface area is 89.4 Å².